The van der Waals surface area contributed by atoms with Crippen LogP contribution in [0, 0.1) is 0 Å². The van der Waals surface area contributed by atoms with Crippen molar-refractivity contribution in [3.8, 4) is 0 Å². The van der Waals surface area contributed by atoms with Crippen LogP contribution in [-0.4, -0.2) is 44.0 Å². The minimum Gasteiger partial charge on any atom is -0.287 e. The zero-order valence-corrected chi connectivity index (χ0v) is 25.4. The molecule has 4 aromatic carbocycles. The van der Waals surface area contributed by atoms with Crippen LogP contribution in [0.3, 0.4) is 0 Å². The number of fused-ring (bicyclic) bond motifs is 3. The first kappa shape index (κ1) is 28.3. The van der Waals surface area contributed by atoms with Gasteiger partial charge in [0.1, 0.15) is 5.69 Å². The number of aromatic nitrogens is 1. The normalized spacial score (nSPS) is 15.8. The first-order chi connectivity index (χ1) is 20.2. The van der Waals surface area contributed by atoms with Crippen molar-refractivity contribution in [2.45, 2.75) is 16.2 Å². The van der Waals surface area contributed by atoms with Gasteiger partial charge < -0.3 is 0 Å². The number of hydrogen-bond acceptors (Lipinski definition) is 5. The van der Waals surface area contributed by atoms with E-state index in [1.54, 1.807) is 72.8 Å². The molecule has 1 aliphatic heterocycles. The lowest BCUT2D eigenvalue weighted by atomic mass is 9.97. The predicted molar refractivity (Wildman–Crippen MR) is 166 cm³/mol. The Labute approximate surface area is 253 Å². The van der Waals surface area contributed by atoms with Gasteiger partial charge in [0.05, 0.1) is 15.3 Å². The van der Waals surface area contributed by atoms with Gasteiger partial charge in [0.25, 0.3) is 10.0 Å². The summed E-state index contributed by atoms with van der Waals surface area (Å²) in [4.78, 5) is 14.8. The Kier molecular flexibility index (Phi) is 7.48. The summed E-state index contributed by atoms with van der Waals surface area (Å²) in [7, 11) is -8.16. The molecule has 0 unspecified atom stereocenters. The number of Topliss-reactive ketones (excluding diaryl/α,β-unsaturated/α-hetero) is 1. The lowest BCUT2D eigenvalue weighted by Gasteiger charge is -2.26. The minimum atomic E-state index is -4.19. The maximum Gasteiger partial charge on any atom is 0.268 e. The highest BCUT2D eigenvalue weighted by molar-refractivity contribution is 9.10. The topological polar surface area (TPSA) is 93.5 Å². The third-order valence-corrected chi connectivity index (χ3v) is 11.6. The Balaban J connectivity index is 1.62. The van der Waals surface area contributed by atoms with Crippen LogP contribution in [0.2, 0.25) is 0 Å². The molecule has 2 heterocycles. The van der Waals surface area contributed by atoms with Crippen LogP contribution in [0.25, 0.3) is 17.0 Å². The largest absolute Gasteiger partial charge is 0.287 e. The number of rotatable bonds is 5. The Morgan fingerprint density at radius 2 is 1.26 bits per heavy atom. The number of carbonyl (C=O) groups is 1. The fourth-order valence-electron chi connectivity index (χ4n) is 5.27. The van der Waals surface area contributed by atoms with Gasteiger partial charge in [0.15, 0.2) is 0 Å². The molecule has 0 fully saturated rings. The average molecular weight is 662 g/mol. The molecule has 0 saturated heterocycles. The van der Waals surface area contributed by atoms with E-state index < -0.39 is 25.8 Å². The first-order valence-electron chi connectivity index (χ1n) is 13.2. The van der Waals surface area contributed by atoms with Crippen molar-refractivity contribution in [2.24, 2.45) is 0 Å². The van der Waals surface area contributed by atoms with E-state index in [1.807, 2.05) is 18.2 Å². The molecule has 7 nitrogen and oxygen atoms in total. The van der Waals surface area contributed by atoms with Crippen molar-refractivity contribution in [3.05, 3.63) is 136 Å². The second-order valence-electron chi connectivity index (χ2n) is 9.85. The third kappa shape index (κ3) is 4.94. The van der Waals surface area contributed by atoms with E-state index >= 15 is 0 Å². The molecule has 212 valence electrons. The minimum absolute atomic E-state index is 0.0233. The summed E-state index contributed by atoms with van der Waals surface area (Å²) in [5, 5.41) is 0.583. The number of halogens is 1. The van der Waals surface area contributed by atoms with E-state index in [1.165, 1.54) is 28.6 Å². The van der Waals surface area contributed by atoms with E-state index in [9.17, 15) is 21.6 Å². The Hall–Kier alpha value is -3.83. The summed E-state index contributed by atoms with van der Waals surface area (Å²) < 4.78 is 59.0. The lowest BCUT2D eigenvalue weighted by Crippen LogP contribution is -2.38. The van der Waals surface area contributed by atoms with Crippen molar-refractivity contribution in [3.63, 3.8) is 0 Å². The number of ketones is 1. The van der Waals surface area contributed by atoms with Gasteiger partial charge in [-0.05, 0) is 60.0 Å². The van der Waals surface area contributed by atoms with Crippen molar-refractivity contribution >= 4 is 58.7 Å². The molecule has 0 atom stereocenters. The second kappa shape index (κ2) is 11.1. The van der Waals surface area contributed by atoms with Crippen LogP contribution < -0.4 is 0 Å². The van der Waals surface area contributed by atoms with Crippen molar-refractivity contribution in [2.75, 3.05) is 13.1 Å². The zero-order valence-electron chi connectivity index (χ0n) is 22.2. The molecule has 6 rings (SSSR count). The summed E-state index contributed by atoms with van der Waals surface area (Å²) in [5.41, 5.74) is 1.68. The SMILES string of the molecule is O=C1/C(=C/c2ccccc2Br)CN(S(=O)(=O)c2ccccc2)CCc2c1n(S(=O)(=O)c1ccccc1)c1ccccc21. The quantitative estimate of drug-likeness (QED) is 0.211. The Morgan fingerprint density at radius 3 is 1.93 bits per heavy atom. The van der Waals surface area contributed by atoms with Gasteiger partial charge in [-0.2, -0.15) is 4.31 Å². The molecule has 0 N–H and O–H groups in total. The molecule has 42 heavy (non-hydrogen) atoms. The number of benzene rings is 4. The highest BCUT2D eigenvalue weighted by atomic mass is 79.9. The molecule has 0 aliphatic carbocycles. The van der Waals surface area contributed by atoms with Crippen molar-refractivity contribution in [1.82, 2.24) is 8.28 Å². The van der Waals surface area contributed by atoms with Crippen LogP contribution in [-0.2, 0) is 26.5 Å². The third-order valence-electron chi connectivity index (χ3n) is 7.30. The van der Waals surface area contributed by atoms with Crippen LogP contribution in [0.1, 0.15) is 21.6 Å². The molecule has 0 spiro atoms. The van der Waals surface area contributed by atoms with Crippen molar-refractivity contribution in [1.29, 1.82) is 0 Å². The van der Waals surface area contributed by atoms with Crippen molar-refractivity contribution < 1.29 is 21.6 Å². The summed E-state index contributed by atoms with van der Waals surface area (Å²) in [6.07, 6.45) is 1.78. The van der Waals surface area contributed by atoms with Crippen LogP contribution >= 0.6 is 15.9 Å². The Morgan fingerprint density at radius 1 is 0.690 bits per heavy atom. The number of para-hydroxylation sites is 1. The molecule has 0 radical (unpaired) electrons. The lowest BCUT2D eigenvalue weighted by molar-refractivity contribution is 0.102. The number of carbonyl (C=O) groups excluding carboxylic acids is 1. The maximum atomic E-state index is 14.6. The van der Waals surface area contributed by atoms with Gasteiger partial charge in [-0.15, -0.1) is 0 Å². The number of sulfonamides is 1. The molecule has 0 saturated carbocycles. The Bertz CT molecular complexity index is 2070. The fourth-order valence-corrected chi connectivity index (χ4v) is 8.68. The van der Waals surface area contributed by atoms with Crippen LogP contribution in [0.4, 0.5) is 0 Å². The number of nitrogens with zero attached hydrogens (tertiary/aromatic N) is 2. The standard InChI is InChI=1S/C32H25BrN2O5S2/c33-29-17-9-7-11-23(29)21-24-22-34(41(37,38)25-12-3-1-4-13-25)20-19-28-27-16-8-10-18-30(27)35(31(28)32(24)36)42(39,40)26-14-5-2-6-15-26/h1-18,21H,19-20,22H2/b24-21+. The van der Waals surface area contributed by atoms with E-state index in [-0.39, 0.29) is 40.6 Å². The number of hydrogen-bond donors (Lipinski definition) is 0. The molecule has 0 amide bonds. The second-order valence-corrected chi connectivity index (χ2v) is 14.4. The van der Waals surface area contributed by atoms with Gasteiger partial charge in [0.2, 0.25) is 15.8 Å². The van der Waals surface area contributed by atoms with Gasteiger partial charge in [0, 0.05) is 28.5 Å². The predicted octanol–water partition coefficient (Wildman–Crippen LogP) is 6.15. The highest BCUT2D eigenvalue weighted by Gasteiger charge is 2.36. The summed E-state index contributed by atoms with van der Waals surface area (Å²) in [6, 6.07) is 30.3. The zero-order chi connectivity index (χ0) is 29.5. The molecule has 1 aliphatic rings. The first-order valence-corrected chi connectivity index (χ1v) is 16.8. The van der Waals surface area contributed by atoms with Crippen LogP contribution in [0.5, 0.6) is 0 Å². The highest BCUT2D eigenvalue weighted by Crippen LogP contribution is 2.35. The average Bonchev–Trinajstić information content (AvgIpc) is 3.34. The molecule has 5 aromatic rings. The smallest absolute Gasteiger partial charge is 0.268 e. The summed E-state index contributed by atoms with van der Waals surface area (Å²) >= 11 is 3.52. The van der Waals surface area contributed by atoms with E-state index in [0.717, 1.165) is 3.97 Å². The molecule has 10 heteroatoms. The fraction of sp³-hybridized carbons (Fsp3) is 0.0938. The van der Waals surface area contributed by atoms with Gasteiger partial charge >= 0.3 is 0 Å². The van der Waals surface area contributed by atoms with E-state index in [4.69, 9.17) is 0 Å². The maximum absolute atomic E-state index is 14.6. The molecule has 0 bridgehead atoms. The molecular formula is C32H25BrN2O5S2. The summed E-state index contributed by atoms with van der Waals surface area (Å²) in [6.45, 7) is -0.187. The monoisotopic (exact) mass is 660 g/mol. The van der Waals surface area contributed by atoms with E-state index in [2.05, 4.69) is 15.9 Å². The van der Waals surface area contributed by atoms with Gasteiger partial charge in [-0.3, -0.25) is 4.79 Å². The molecular weight excluding hydrogens is 636 g/mol. The van der Waals surface area contributed by atoms with Gasteiger partial charge in [-0.1, -0.05) is 88.7 Å². The summed E-state index contributed by atoms with van der Waals surface area (Å²) in [5.74, 6) is -0.551. The van der Waals surface area contributed by atoms with Gasteiger partial charge in [-0.25, -0.2) is 20.8 Å². The van der Waals surface area contributed by atoms with Crippen LogP contribution in [0.15, 0.2) is 129 Å². The molecule has 1 aromatic heterocycles. The van der Waals surface area contributed by atoms with E-state index in [0.29, 0.717) is 26.5 Å².